The Morgan fingerprint density at radius 2 is 1.73 bits per heavy atom. The lowest BCUT2D eigenvalue weighted by molar-refractivity contribution is 0.416. The van der Waals surface area contributed by atoms with Crippen LogP contribution in [0.4, 0.5) is 0 Å². The summed E-state index contributed by atoms with van der Waals surface area (Å²) in [5.41, 5.74) is 1.07. The van der Waals surface area contributed by atoms with Crippen molar-refractivity contribution in [2.24, 2.45) is 14.1 Å². The lowest BCUT2D eigenvalue weighted by Gasteiger charge is -2.12. The summed E-state index contributed by atoms with van der Waals surface area (Å²) in [6, 6.07) is 9.19. The number of fused-ring (bicyclic) bond motifs is 1. The number of hydrogen-bond donors (Lipinski definition) is 0. The minimum absolute atomic E-state index is 0.358. The van der Waals surface area contributed by atoms with E-state index in [0.717, 1.165) is 10.1 Å². The molecule has 112 valence electrons. The van der Waals surface area contributed by atoms with E-state index in [4.69, 9.17) is 4.74 Å². The SMILES string of the molecule is COc1ccccc1-c1ccnc2c1c(=O)n(C)c(=O)n2C. The molecule has 2 heterocycles. The van der Waals surface area contributed by atoms with Crippen LogP contribution in [0.25, 0.3) is 22.2 Å². The van der Waals surface area contributed by atoms with Gasteiger partial charge in [0, 0.05) is 31.4 Å². The molecule has 0 bridgehead atoms. The second-order valence-corrected chi connectivity index (χ2v) is 4.96. The molecule has 6 heteroatoms. The fourth-order valence-corrected chi connectivity index (χ4v) is 2.58. The normalized spacial score (nSPS) is 10.9. The Labute approximate surface area is 126 Å². The molecule has 0 N–H and O–H groups in total. The summed E-state index contributed by atoms with van der Waals surface area (Å²) < 4.78 is 7.83. The summed E-state index contributed by atoms with van der Waals surface area (Å²) in [4.78, 5) is 28.8. The van der Waals surface area contributed by atoms with E-state index in [2.05, 4.69) is 4.98 Å². The van der Waals surface area contributed by atoms with E-state index < -0.39 is 5.69 Å². The number of hydrogen-bond acceptors (Lipinski definition) is 4. The van der Waals surface area contributed by atoms with Gasteiger partial charge < -0.3 is 4.74 Å². The number of methoxy groups -OCH3 is 1. The minimum Gasteiger partial charge on any atom is -0.496 e. The summed E-state index contributed by atoms with van der Waals surface area (Å²) in [6.45, 7) is 0. The second-order valence-electron chi connectivity index (χ2n) is 4.96. The third-order valence-corrected chi connectivity index (χ3v) is 3.74. The largest absolute Gasteiger partial charge is 0.496 e. The van der Waals surface area contributed by atoms with Gasteiger partial charge in [-0.2, -0.15) is 0 Å². The quantitative estimate of drug-likeness (QED) is 0.715. The molecule has 3 aromatic rings. The van der Waals surface area contributed by atoms with Crippen molar-refractivity contribution in [3.05, 3.63) is 57.4 Å². The van der Waals surface area contributed by atoms with E-state index in [0.29, 0.717) is 22.3 Å². The molecule has 0 amide bonds. The first-order valence-corrected chi connectivity index (χ1v) is 6.74. The molecule has 0 aliphatic heterocycles. The van der Waals surface area contributed by atoms with Gasteiger partial charge in [0.25, 0.3) is 5.56 Å². The van der Waals surface area contributed by atoms with Crippen molar-refractivity contribution in [3.63, 3.8) is 0 Å². The summed E-state index contributed by atoms with van der Waals surface area (Å²) in [5, 5.41) is 0.400. The number of para-hydroxylation sites is 1. The molecular weight excluding hydrogens is 282 g/mol. The van der Waals surface area contributed by atoms with E-state index in [1.807, 2.05) is 24.3 Å². The Morgan fingerprint density at radius 3 is 2.45 bits per heavy atom. The molecule has 0 unspecified atom stereocenters. The van der Waals surface area contributed by atoms with E-state index in [1.54, 1.807) is 26.4 Å². The smallest absolute Gasteiger partial charge is 0.332 e. The van der Waals surface area contributed by atoms with Gasteiger partial charge in [0.2, 0.25) is 0 Å². The van der Waals surface area contributed by atoms with Crippen molar-refractivity contribution in [3.8, 4) is 16.9 Å². The van der Waals surface area contributed by atoms with Crippen molar-refractivity contribution >= 4 is 11.0 Å². The summed E-state index contributed by atoms with van der Waals surface area (Å²) in [6.07, 6.45) is 1.59. The lowest BCUT2D eigenvalue weighted by atomic mass is 10.0. The molecule has 0 saturated carbocycles. The number of aryl methyl sites for hydroxylation is 1. The van der Waals surface area contributed by atoms with Crippen molar-refractivity contribution in [2.75, 3.05) is 7.11 Å². The Morgan fingerprint density at radius 1 is 1.00 bits per heavy atom. The summed E-state index contributed by atoms with van der Waals surface area (Å²) in [5.74, 6) is 0.658. The molecule has 0 atom stereocenters. The molecule has 22 heavy (non-hydrogen) atoms. The van der Waals surface area contributed by atoms with Gasteiger partial charge in [-0.1, -0.05) is 18.2 Å². The van der Waals surface area contributed by atoms with Crippen LogP contribution in [-0.2, 0) is 14.1 Å². The molecule has 0 saturated heterocycles. The van der Waals surface area contributed by atoms with Crippen LogP contribution < -0.4 is 16.0 Å². The highest BCUT2D eigenvalue weighted by molar-refractivity contribution is 5.93. The monoisotopic (exact) mass is 297 g/mol. The average Bonchev–Trinajstić information content (AvgIpc) is 2.57. The van der Waals surface area contributed by atoms with Gasteiger partial charge in [0.05, 0.1) is 12.5 Å². The first kappa shape index (κ1) is 14.1. The number of rotatable bonds is 2. The predicted molar refractivity (Wildman–Crippen MR) is 84.2 cm³/mol. The average molecular weight is 297 g/mol. The minimum atomic E-state index is -0.401. The maximum absolute atomic E-state index is 12.6. The van der Waals surface area contributed by atoms with E-state index in [-0.39, 0.29) is 5.56 Å². The zero-order chi connectivity index (χ0) is 15.9. The first-order chi connectivity index (χ1) is 10.6. The van der Waals surface area contributed by atoms with Gasteiger partial charge in [-0.3, -0.25) is 13.9 Å². The number of ether oxygens (including phenoxy) is 1. The zero-order valence-electron chi connectivity index (χ0n) is 12.5. The Balaban J connectivity index is 2.52. The van der Waals surface area contributed by atoms with Crippen molar-refractivity contribution < 1.29 is 4.74 Å². The predicted octanol–water partition coefficient (Wildman–Crippen LogP) is 1.31. The fraction of sp³-hybridized carbons (Fsp3) is 0.188. The fourth-order valence-electron chi connectivity index (χ4n) is 2.58. The second kappa shape index (κ2) is 5.14. The highest BCUT2D eigenvalue weighted by atomic mass is 16.5. The van der Waals surface area contributed by atoms with E-state index in [1.165, 1.54) is 11.6 Å². The lowest BCUT2D eigenvalue weighted by Crippen LogP contribution is -2.37. The van der Waals surface area contributed by atoms with Crippen LogP contribution in [0.1, 0.15) is 0 Å². The number of nitrogens with zero attached hydrogens (tertiary/aromatic N) is 3. The van der Waals surface area contributed by atoms with Gasteiger partial charge in [-0.05, 0) is 12.1 Å². The van der Waals surface area contributed by atoms with Gasteiger partial charge in [0.15, 0.2) is 0 Å². The highest BCUT2D eigenvalue weighted by Crippen LogP contribution is 2.32. The van der Waals surface area contributed by atoms with Crippen LogP contribution in [0, 0.1) is 0 Å². The van der Waals surface area contributed by atoms with Crippen molar-refractivity contribution in [1.82, 2.24) is 14.1 Å². The molecule has 0 fully saturated rings. The number of pyridine rings is 1. The maximum atomic E-state index is 12.6. The summed E-state index contributed by atoms with van der Waals surface area (Å²) >= 11 is 0. The Bertz CT molecular complexity index is 986. The molecule has 1 aromatic carbocycles. The van der Waals surface area contributed by atoms with E-state index in [9.17, 15) is 9.59 Å². The number of benzene rings is 1. The summed E-state index contributed by atoms with van der Waals surface area (Å²) in [7, 11) is 4.64. The van der Waals surface area contributed by atoms with Crippen LogP contribution in [0.15, 0.2) is 46.1 Å². The molecule has 3 rings (SSSR count). The third-order valence-electron chi connectivity index (χ3n) is 3.74. The topological polar surface area (TPSA) is 66.1 Å². The van der Waals surface area contributed by atoms with Crippen LogP contribution >= 0.6 is 0 Å². The maximum Gasteiger partial charge on any atom is 0.332 e. The van der Waals surface area contributed by atoms with Gasteiger partial charge in [-0.25, -0.2) is 9.78 Å². The Kier molecular flexibility index (Phi) is 3.29. The molecule has 6 nitrogen and oxygen atoms in total. The van der Waals surface area contributed by atoms with Crippen LogP contribution in [-0.4, -0.2) is 21.2 Å². The Hall–Kier alpha value is -2.89. The van der Waals surface area contributed by atoms with Gasteiger partial charge in [0.1, 0.15) is 11.4 Å². The van der Waals surface area contributed by atoms with Gasteiger partial charge >= 0.3 is 5.69 Å². The molecule has 0 aliphatic carbocycles. The molecule has 2 aromatic heterocycles. The molecule has 0 radical (unpaired) electrons. The zero-order valence-corrected chi connectivity index (χ0v) is 12.5. The van der Waals surface area contributed by atoms with Gasteiger partial charge in [-0.15, -0.1) is 0 Å². The molecule has 0 aliphatic rings. The third kappa shape index (κ3) is 1.92. The van der Waals surface area contributed by atoms with Crippen LogP contribution in [0.3, 0.4) is 0 Å². The molecular formula is C16H15N3O3. The number of aromatic nitrogens is 3. The standard InChI is InChI=1S/C16H15N3O3/c1-18-14-13(15(20)19(2)16(18)21)11(8-9-17-14)10-6-4-5-7-12(10)22-3/h4-9H,1-3H3. The molecule has 0 spiro atoms. The van der Waals surface area contributed by atoms with E-state index >= 15 is 0 Å². The van der Waals surface area contributed by atoms with Crippen molar-refractivity contribution in [2.45, 2.75) is 0 Å². The van der Waals surface area contributed by atoms with Crippen LogP contribution in [0.2, 0.25) is 0 Å². The van der Waals surface area contributed by atoms with Crippen LogP contribution in [0.5, 0.6) is 5.75 Å². The highest BCUT2D eigenvalue weighted by Gasteiger charge is 2.16. The first-order valence-electron chi connectivity index (χ1n) is 6.74. The van der Waals surface area contributed by atoms with Crippen molar-refractivity contribution in [1.29, 1.82) is 0 Å².